The molecule has 3 nitrogen and oxygen atoms in total. The van der Waals surface area contributed by atoms with Crippen LogP contribution in [-0.4, -0.2) is 36.1 Å². The lowest BCUT2D eigenvalue weighted by atomic mass is 10.2. The second-order valence-electron chi connectivity index (χ2n) is 6.67. The lowest BCUT2D eigenvalue weighted by molar-refractivity contribution is 0.248. The van der Waals surface area contributed by atoms with Gasteiger partial charge in [-0.05, 0) is 49.9 Å². The summed E-state index contributed by atoms with van der Waals surface area (Å²) in [4.78, 5) is 8.24. The molecule has 0 aliphatic carbocycles. The normalized spacial score (nSPS) is 18.0. The lowest BCUT2D eigenvalue weighted by Gasteiger charge is -2.25. The van der Waals surface area contributed by atoms with E-state index in [0.29, 0.717) is 6.04 Å². The van der Waals surface area contributed by atoms with Crippen molar-refractivity contribution in [3.05, 3.63) is 66.1 Å². The van der Waals surface area contributed by atoms with Crippen LogP contribution in [0.5, 0.6) is 0 Å². The van der Waals surface area contributed by atoms with E-state index < -0.39 is 0 Å². The molecule has 4 heteroatoms. The molecule has 1 unspecified atom stereocenters. The number of aromatic nitrogens is 1. The zero-order valence-electron chi connectivity index (χ0n) is 13.9. The Labute approximate surface area is 141 Å². The second-order valence-corrected chi connectivity index (χ2v) is 6.67. The number of likely N-dealkylation sites (N-methyl/N-ethyl adjacent to an activating group) is 1. The lowest BCUT2D eigenvalue weighted by Crippen LogP contribution is -2.34. The first kappa shape index (κ1) is 15.2. The van der Waals surface area contributed by atoms with Crippen LogP contribution in [0.2, 0.25) is 0 Å². The molecule has 2 heterocycles. The molecule has 0 bridgehead atoms. The maximum absolute atomic E-state index is 13.3. The van der Waals surface area contributed by atoms with Gasteiger partial charge in [0, 0.05) is 48.0 Å². The molecule has 1 saturated heterocycles. The topological polar surface area (TPSA) is 22.3 Å². The van der Waals surface area contributed by atoms with E-state index in [0.717, 1.165) is 36.2 Å². The highest BCUT2D eigenvalue weighted by Gasteiger charge is 2.26. The van der Waals surface area contributed by atoms with E-state index in [1.165, 1.54) is 18.2 Å². The van der Waals surface area contributed by atoms with E-state index in [-0.39, 0.29) is 5.82 Å². The number of aromatic amines is 1. The Bertz CT molecular complexity index is 827. The average Bonchev–Trinajstić information content (AvgIpc) is 3.22. The monoisotopic (exact) mass is 323 g/mol. The Kier molecular flexibility index (Phi) is 3.98. The number of para-hydroxylation sites is 1. The number of hydrogen-bond acceptors (Lipinski definition) is 2. The molecule has 3 aromatic rings. The number of H-pyrrole nitrogens is 1. The third-order valence-electron chi connectivity index (χ3n) is 4.97. The molecule has 1 atom stereocenters. The molecular weight excluding hydrogens is 301 g/mol. The first-order chi connectivity index (χ1) is 11.7. The number of nitrogens with zero attached hydrogens (tertiary/aromatic N) is 2. The summed E-state index contributed by atoms with van der Waals surface area (Å²) < 4.78 is 13.3. The van der Waals surface area contributed by atoms with Crippen LogP contribution in [0.4, 0.5) is 10.1 Å². The molecule has 1 N–H and O–H groups in total. The van der Waals surface area contributed by atoms with Gasteiger partial charge >= 0.3 is 0 Å². The van der Waals surface area contributed by atoms with E-state index in [4.69, 9.17) is 0 Å². The summed E-state index contributed by atoms with van der Waals surface area (Å²) in [6.45, 7) is 3.00. The van der Waals surface area contributed by atoms with Gasteiger partial charge in [-0.15, -0.1) is 0 Å². The zero-order valence-corrected chi connectivity index (χ0v) is 13.9. The molecule has 1 aliphatic heterocycles. The molecule has 0 radical (unpaired) electrons. The minimum atomic E-state index is -0.185. The van der Waals surface area contributed by atoms with Gasteiger partial charge in [0.2, 0.25) is 0 Å². The number of hydrogen-bond donors (Lipinski definition) is 1. The number of fused-ring (bicyclic) bond motifs is 1. The van der Waals surface area contributed by atoms with E-state index in [1.807, 2.05) is 0 Å². The third-order valence-corrected chi connectivity index (χ3v) is 4.97. The van der Waals surface area contributed by atoms with Gasteiger partial charge in [0.1, 0.15) is 5.82 Å². The van der Waals surface area contributed by atoms with Crippen molar-refractivity contribution in [2.24, 2.45) is 0 Å². The first-order valence-electron chi connectivity index (χ1n) is 8.46. The van der Waals surface area contributed by atoms with Crippen molar-refractivity contribution in [3.8, 4) is 0 Å². The quantitative estimate of drug-likeness (QED) is 0.783. The van der Waals surface area contributed by atoms with Crippen LogP contribution in [0.3, 0.4) is 0 Å². The number of anilines is 1. The third kappa shape index (κ3) is 3.02. The zero-order chi connectivity index (χ0) is 16.5. The summed E-state index contributed by atoms with van der Waals surface area (Å²) in [5, 5.41) is 0.940. The van der Waals surface area contributed by atoms with Gasteiger partial charge < -0.3 is 9.88 Å². The Morgan fingerprint density at radius 3 is 2.83 bits per heavy atom. The molecule has 0 saturated carbocycles. The fourth-order valence-corrected chi connectivity index (χ4v) is 3.62. The van der Waals surface area contributed by atoms with Gasteiger partial charge in [-0.1, -0.05) is 18.2 Å². The van der Waals surface area contributed by atoms with Crippen LogP contribution >= 0.6 is 0 Å². The molecule has 4 rings (SSSR count). The van der Waals surface area contributed by atoms with Gasteiger partial charge in [-0.25, -0.2) is 4.39 Å². The van der Waals surface area contributed by atoms with Crippen molar-refractivity contribution in [1.29, 1.82) is 0 Å². The number of halogens is 1. The summed E-state index contributed by atoms with van der Waals surface area (Å²) in [6, 6.07) is 18.1. The van der Waals surface area contributed by atoms with Gasteiger partial charge in [0.15, 0.2) is 0 Å². The Morgan fingerprint density at radius 1 is 1.17 bits per heavy atom. The predicted octanol–water partition coefficient (Wildman–Crippen LogP) is 4.02. The summed E-state index contributed by atoms with van der Waals surface area (Å²) in [5.74, 6) is -0.185. The van der Waals surface area contributed by atoms with Gasteiger partial charge in [-0.2, -0.15) is 0 Å². The van der Waals surface area contributed by atoms with Gasteiger partial charge in [0.25, 0.3) is 0 Å². The highest BCUT2D eigenvalue weighted by Crippen LogP contribution is 2.24. The van der Waals surface area contributed by atoms with Crippen molar-refractivity contribution >= 4 is 16.6 Å². The molecule has 1 fully saturated rings. The largest absolute Gasteiger partial charge is 0.370 e. The standard InChI is InChI=1S/C20H22FN3/c1-23(13-17-12-15-11-16(21)7-8-20(15)22-17)19-9-10-24(14-19)18-5-3-2-4-6-18/h2-8,11-12,19,22H,9-10,13-14H2,1H3. The van der Waals surface area contributed by atoms with Crippen LogP contribution in [-0.2, 0) is 6.54 Å². The minimum Gasteiger partial charge on any atom is -0.370 e. The highest BCUT2D eigenvalue weighted by molar-refractivity contribution is 5.80. The van der Waals surface area contributed by atoms with Crippen molar-refractivity contribution in [3.63, 3.8) is 0 Å². The molecular formula is C20H22FN3. The van der Waals surface area contributed by atoms with E-state index >= 15 is 0 Å². The van der Waals surface area contributed by atoms with Crippen molar-refractivity contribution in [1.82, 2.24) is 9.88 Å². The van der Waals surface area contributed by atoms with Crippen molar-refractivity contribution in [2.45, 2.75) is 19.0 Å². The van der Waals surface area contributed by atoms with Crippen LogP contribution < -0.4 is 4.90 Å². The smallest absolute Gasteiger partial charge is 0.123 e. The first-order valence-corrected chi connectivity index (χ1v) is 8.46. The fourth-order valence-electron chi connectivity index (χ4n) is 3.62. The van der Waals surface area contributed by atoms with E-state index in [1.54, 1.807) is 12.1 Å². The predicted molar refractivity (Wildman–Crippen MR) is 96.8 cm³/mol. The fraction of sp³-hybridized carbons (Fsp3) is 0.300. The summed E-state index contributed by atoms with van der Waals surface area (Å²) >= 11 is 0. The molecule has 0 amide bonds. The summed E-state index contributed by atoms with van der Waals surface area (Å²) in [7, 11) is 2.17. The van der Waals surface area contributed by atoms with Gasteiger partial charge in [0.05, 0.1) is 0 Å². The van der Waals surface area contributed by atoms with Crippen LogP contribution in [0.25, 0.3) is 10.9 Å². The molecule has 0 spiro atoms. The number of rotatable bonds is 4. The Hall–Kier alpha value is -2.33. The van der Waals surface area contributed by atoms with Crippen LogP contribution in [0.15, 0.2) is 54.6 Å². The number of nitrogens with one attached hydrogen (secondary N) is 1. The molecule has 24 heavy (non-hydrogen) atoms. The van der Waals surface area contributed by atoms with Crippen LogP contribution in [0.1, 0.15) is 12.1 Å². The highest BCUT2D eigenvalue weighted by atomic mass is 19.1. The van der Waals surface area contributed by atoms with Crippen LogP contribution in [0, 0.1) is 5.82 Å². The molecule has 124 valence electrons. The maximum Gasteiger partial charge on any atom is 0.123 e. The van der Waals surface area contributed by atoms with Crippen molar-refractivity contribution in [2.75, 3.05) is 25.0 Å². The Balaban J connectivity index is 1.43. The molecule has 2 aromatic carbocycles. The molecule has 1 aromatic heterocycles. The van der Waals surface area contributed by atoms with E-state index in [2.05, 4.69) is 58.2 Å². The van der Waals surface area contributed by atoms with E-state index in [9.17, 15) is 4.39 Å². The summed E-state index contributed by atoms with van der Waals surface area (Å²) in [6.07, 6.45) is 1.17. The molecule has 1 aliphatic rings. The average molecular weight is 323 g/mol. The minimum absolute atomic E-state index is 0.185. The van der Waals surface area contributed by atoms with Crippen molar-refractivity contribution < 1.29 is 4.39 Å². The Morgan fingerprint density at radius 2 is 2.00 bits per heavy atom. The SMILES string of the molecule is CN(Cc1cc2cc(F)ccc2[nH]1)C1CCN(c2ccccc2)C1. The van der Waals surface area contributed by atoms with Gasteiger partial charge in [-0.3, -0.25) is 4.90 Å². The number of benzene rings is 2. The maximum atomic E-state index is 13.3. The summed E-state index contributed by atoms with van der Waals surface area (Å²) in [5.41, 5.74) is 3.43. The second kappa shape index (κ2) is 6.29.